The summed E-state index contributed by atoms with van der Waals surface area (Å²) in [5, 5.41) is 3.80. The average Bonchev–Trinajstić information content (AvgIpc) is 2.51. The average molecular weight is 308 g/mol. The van der Waals surface area contributed by atoms with E-state index in [9.17, 15) is 4.39 Å². The van der Waals surface area contributed by atoms with E-state index in [0.29, 0.717) is 12.1 Å². The molecule has 1 saturated heterocycles. The molecular formula is C17H25FN2S. The largest absolute Gasteiger partial charge is 0.307 e. The second-order valence-electron chi connectivity index (χ2n) is 6.13. The number of rotatable bonds is 4. The molecule has 4 heteroatoms. The second-order valence-corrected chi connectivity index (χ2v) is 7.24. The number of nitrogens with one attached hydrogen (secondary N) is 1. The zero-order valence-electron chi connectivity index (χ0n) is 12.8. The van der Waals surface area contributed by atoms with E-state index >= 15 is 0 Å². The molecule has 0 aromatic heterocycles. The lowest BCUT2D eigenvalue weighted by molar-refractivity contribution is 0.190. The second kappa shape index (κ2) is 7.12. The Morgan fingerprint density at radius 2 is 2.10 bits per heavy atom. The molecule has 3 rings (SSSR count). The van der Waals surface area contributed by atoms with Crippen LogP contribution in [0.15, 0.2) is 23.1 Å². The zero-order valence-corrected chi connectivity index (χ0v) is 13.6. The standard InChI is InChI=1S/C17H25FN2S/c1-2-9-20-10-6-13(7-11-20)19-16-8-12-21-17-14(16)4-3-5-15(17)18/h3-5,13,16,19H,2,6-12H2,1H3. The normalized spacial score (nSPS) is 24.0. The smallest absolute Gasteiger partial charge is 0.137 e. The first-order valence-electron chi connectivity index (χ1n) is 8.17. The molecule has 0 bridgehead atoms. The van der Waals surface area contributed by atoms with Crippen molar-refractivity contribution >= 4 is 11.8 Å². The molecule has 1 aromatic carbocycles. The number of hydrogen-bond donors (Lipinski definition) is 1. The number of thioether (sulfide) groups is 1. The van der Waals surface area contributed by atoms with Crippen molar-refractivity contribution in [3.05, 3.63) is 29.6 Å². The Bertz CT molecular complexity index is 472. The summed E-state index contributed by atoms with van der Waals surface area (Å²) in [6.45, 7) is 5.86. The van der Waals surface area contributed by atoms with Gasteiger partial charge in [-0.05, 0) is 62.7 Å². The molecule has 116 valence electrons. The Labute approximate surface area is 131 Å². The first-order chi connectivity index (χ1) is 10.3. The fourth-order valence-electron chi connectivity index (χ4n) is 3.48. The number of hydrogen-bond acceptors (Lipinski definition) is 3. The summed E-state index contributed by atoms with van der Waals surface area (Å²) < 4.78 is 13.9. The van der Waals surface area contributed by atoms with Gasteiger partial charge in [0.25, 0.3) is 0 Å². The Kier molecular flexibility index (Phi) is 5.19. The van der Waals surface area contributed by atoms with E-state index in [-0.39, 0.29) is 5.82 Å². The quantitative estimate of drug-likeness (QED) is 0.910. The Morgan fingerprint density at radius 3 is 2.86 bits per heavy atom. The molecule has 2 nitrogen and oxygen atoms in total. The maximum Gasteiger partial charge on any atom is 0.137 e. The topological polar surface area (TPSA) is 15.3 Å². The third-order valence-corrected chi connectivity index (χ3v) is 5.75. The number of nitrogens with zero attached hydrogens (tertiary/aromatic N) is 1. The summed E-state index contributed by atoms with van der Waals surface area (Å²) >= 11 is 1.66. The summed E-state index contributed by atoms with van der Waals surface area (Å²) in [4.78, 5) is 3.42. The van der Waals surface area contributed by atoms with E-state index in [1.165, 1.54) is 44.5 Å². The predicted molar refractivity (Wildman–Crippen MR) is 87.4 cm³/mol. The molecule has 1 aromatic rings. The SMILES string of the molecule is CCCN1CCC(NC2CCSc3c(F)cccc32)CC1. The van der Waals surface area contributed by atoms with Crippen LogP contribution in [0.4, 0.5) is 4.39 Å². The van der Waals surface area contributed by atoms with E-state index in [2.05, 4.69) is 23.2 Å². The highest BCUT2D eigenvalue weighted by Gasteiger charge is 2.26. The molecule has 1 atom stereocenters. The number of piperidine rings is 1. The van der Waals surface area contributed by atoms with E-state index in [1.54, 1.807) is 17.8 Å². The van der Waals surface area contributed by atoms with Crippen LogP contribution in [-0.4, -0.2) is 36.3 Å². The van der Waals surface area contributed by atoms with Gasteiger partial charge in [-0.1, -0.05) is 19.1 Å². The first-order valence-corrected chi connectivity index (χ1v) is 9.16. The van der Waals surface area contributed by atoms with Crippen LogP contribution in [0, 0.1) is 5.82 Å². The third-order valence-electron chi connectivity index (χ3n) is 4.59. The van der Waals surface area contributed by atoms with Gasteiger partial charge in [-0.2, -0.15) is 0 Å². The minimum atomic E-state index is -0.0539. The monoisotopic (exact) mass is 308 g/mol. The number of likely N-dealkylation sites (tertiary alicyclic amines) is 1. The maximum absolute atomic E-state index is 13.9. The van der Waals surface area contributed by atoms with Gasteiger partial charge in [-0.15, -0.1) is 11.8 Å². The summed E-state index contributed by atoms with van der Waals surface area (Å²) in [6, 6.07) is 6.44. The molecule has 21 heavy (non-hydrogen) atoms. The van der Waals surface area contributed by atoms with Gasteiger partial charge in [0.2, 0.25) is 0 Å². The van der Waals surface area contributed by atoms with Gasteiger partial charge in [-0.3, -0.25) is 0 Å². The molecular weight excluding hydrogens is 283 g/mol. The van der Waals surface area contributed by atoms with Gasteiger partial charge in [0.05, 0.1) is 0 Å². The van der Waals surface area contributed by atoms with Gasteiger partial charge in [0.1, 0.15) is 5.82 Å². The third kappa shape index (κ3) is 3.61. The van der Waals surface area contributed by atoms with Gasteiger partial charge in [0.15, 0.2) is 0 Å². The van der Waals surface area contributed by atoms with Crippen molar-refractivity contribution < 1.29 is 4.39 Å². The number of halogens is 1. The molecule has 0 radical (unpaired) electrons. The molecule has 2 aliphatic rings. The molecule has 1 N–H and O–H groups in total. The highest BCUT2D eigenvalue weighted by Crippen LogP contribution is 2.38. The first kappa shape index (κ1) is 15.3. The highest BCUT2D eigenvalue weighted by molar-refractivity contribution is 7.99. The molecule has 1 unspecified atom stereocenters. The fraction of sp³-hybridized carbons (Fsp3) is 0.647. The van der Waals surface area contributed by atoms with Crippen molar-refractivity contribution in [2.24, 2.45) is 0 Å². The van der Waals surface area contributed by atoms with Crippen molar-refractivity contribution in [1.82, 2.24) is 10.2 Å². The number of benzene rings is 1. The van der Waals surface area contributed by atoms with Crippen molar-refractivity contribution in [2.75, 3.05) is 25.4 Å². The number of fused-ring (bicyclic) bond motifs is 1. The van der Waals surface area contributed by atoms with Crippen LogP contribution < -0.4 is 5.32 Å². The lowest BCUT2D eigenvalue weighted by atomic mass is 9.98. The van der Waals surface area contributed by atoms with E-state index < -0.39 is 0 Å². The van der Waals surface area contributed by atoms with E-state index in [0.717, 1.165) is 17.1 Å². The van der Waals surface area contributed by atoms with Crippen LogP contribution in [0.3, 0.4) is 0 Å². The summed E-state index contributed by atoms with van der Waals surface area (Å²) in [6.07, 6.45) is 4.78. The van der Waals surface area contributed by atoms with Gasteiger partial charge in [-0.25, -0.2) is 4.39 Å². The summed E-state index contributed by atoms with van der Waals surface area (Å²) in [7, 11) is 0. The van der Waals surface area contributed by atoms with Gasteiger partial charge in [0, 0.05) is 17.0 Å². The molecule has 0 spiro atoms. The van der Waals surface area contributed by atoms with Crippen LogP contribution in [0.5, 0.6) is 0 Å². The molecule has 0 aliphatic carbocycles. The highest BCUT2D eigenvalue weighted by atomic mass is 32.2. The van der Waals surface area contributed by atoms with Gasteiger partial charge < -0.3 is 10.2 Å². The lowest BCUT2D eigenvalue weighted by Gasteiger charge is -2.36. The minimum Gasteiger partial charge on any atom is -0.307 e. The predicted octanol–water partition coefficient (Wildman–Crippen LogP) is 3.83. The van der Waals surface area contributed by atoms with Crippen LogP contribution in [0.25, 0.3) is 0 Å². The molecule has 0 saturated carbocycles. The van der Waals surface area contributed by atoms with Crippen LogP contribution in [0.2, 0.25) is 0 Å². The van der Waals surface area contributed by atoms with Crippen molar-refractivity contribution in [3.63, 3.8) is 0 Å². The van der Waals surface area contributed by atoms with Crippen LogP contribution in [0.1, 0.15) is 44.2 Å². The van der Waals surface area contributed by atoms with E-state index in [4.69, 9.17) is 0 Å². The molecule has 2 aliphatic heterocycles. The lowest BCUT2D eigenvalue weighted by Crippen LogP contribution is -2.44. The Hall–Kier alpha value is -0.580. The fourth-order valence-corrected chi connectivity index (χ4v) is 4.62. The van der Waals surface area contributed by atoms with E-state index in [1.807, 2.05) is 6.07 Å². The molecule has 2 heterocycles. The van der Waals surface area contributed by atoms with Crippen LogP contribution in [-0.2, 0) is 0 Å². The Balaban J connectivity index is 1.61. The van der Waals surface area contributed by atoms with Gasteiger partial charge >= 0.3 is 0 Å². The van der Waals surface area contributed by atoms with Crippen LogP contribution >= 0.6 is 11.8 Å². The zero-order chi connectivity index (χ0) is 14.7. The maximum atomic E-state index is 13.9. The Morgan fingerprint density at radius 1 is 1.29 bits per heavy atom. The van der Waals surface area contributed by atoms with Crippen molar-refractivity contribution in [2.45, 2.75) is 49.6 Å². The minimum absolute atomic E-state index is 0.0539. The van der Waals surface area contributed by atoms with Crippen molar-refractivity contribution in [3.8, 4) is 0 Å². The summed E-state index contributed by atoms with van der Waals surface area (Å²) in [5.41, 5.74) is 1.17. The molecule has 0 amide bonds. The van der Waals surface area contributed by atoms with Crippen molar-refractivity contribution in [1.29, 1.82) is 0 Å². The molecule has 1 fully saturated rings. The summed E-state index contributed by atoms with van der Waals surface area (Å²) in [5.74, 6) is 0.960.